The highest BCUT2D eigenvalue weighted by Gasteiger charge is 2.22. The summed E-state index contributed by atoms with van der Waals surface area (Å²) >= 11 is 0. The molecule has 0 spiro atoms. The van der Waals surface area contributed by atoms with Crippen molar-refractivity contribution in [2.45, 2.75) is 26.0 Å². The molecule has 0 N–H and O–H groups in total. The Hall–Kier alpha value is -3.53. The van der Waals surface area contributed by atoms with E-state index in [4.69, 9.17) is 4.74 Å². The lowest BCUT2D eigenvalue weighted by atomic mass is 10.0. The van der Waals surface area contributed by atoms with Gasteiger partial charge in [-0.2, -0.15) is 0 Å². The summed E-state index contributed by atoms with van der Waals surface area (Å²) in [7, 11) is 0. The maximum Gasteiger partial charge on any atom is 0.246 e. The zero-order valence-electron chi connectivity index (χ0n) is 16.8. The van der Waals surface area contributed by atoms with Crippen molar-refractivity contribution in [3.63, 3.8) is 0 Å². The van der Waals surface area contributed by atoms with E-state index in [2.05, 4.69) is 24.3 Å². The number of hydrogen-bond donors (Lipinski definition) is 0. The summed E-state index contributed by atoms with van der Waals surface area (Å²) in [6.07, 6.45) is 4.02. The molecule has 0 bridgehead atoms. The van der Waals surface area contributed by atoms with Crippen LogP contribution in [0.25, 0.3) is 10.9 Å². The van der Waals surface area contributed by atoms with Crippen molar-refractivity contribution in [3.8, 4) is 5.75 Å². The number of aromatic nitrogens is 1. The number of hydrogen-bond acceptors (Lipinski definition) is 2. The number of rotatable bonds is 5. The first-order chi connectivity index (χ1) is 14.8. The Morgan fingerprint density at radius 3 is 2.63 bits per heavy atom. The van der Waals surface area contributed by atoms with Gasteiger partial charge in [0, 0.05) is 23.8 Å². The summed E-state index contributed by atoms with van der Waals surface area (Å²) in [4.78, 5) is 15.1. The molecule has 1 aliphatic rings. The molecule has 2 heterocycles. The molecule has 0 aliphatic carbocycles. The monoisotopic (exact) mass is 396 g/mol. The molecule has 1 amide bonds. The molecule has 150 valence electrons. The van der Waals surface area contributed by atoms with E-state index >= 15 is 0 Å². The summed E-state index contributed by atoms with van der Waals surface area (Å²) in [6.45, 7) is 1.62. The van der Waals surface area contributed by atoms with E-state index in [0.29, 0.717) is 13.2 Å². The fraction of sp³-hybridized carbons (Fsp3) is 0.192. The van der Waals surface area contributed by atoms with E-state index in [-0.39, 0.29) is 5.91 Å². The van der Waals surface area contributed by atoms with Crippen LogP contribution in [0.3, 0.4) is 0 Å². The number of nitrogens with zero attached hydrogens (tertiary/aromatic N) is 2. The molecule has 4 aromatic rings. The van der Waals surface area contributed by atoms with E-state index < -0.39 is 0 Å². The van der Waals surface area contributed by atoms with Gasteiger partial charge >= 0.3 is 0 Å². The highest BCUT2D eigenvalue weighted by Crippen LogP contribution is 2.29. The number of amides is 1. The number of aryl methyl sites for hydroxylation is 1. The van der Waals surface area contributed by atoms with Gasteiger partial charge in [-0.3, -0.25) is 4.79 Å². The Kier molecular flexibility index (Phi) is 4.98. The summed E-state index contributed by atoms with van der Waals surface area (Å²) in [5.41, 5.74) is 4.45. The highest BCUT2D eigenvalue weighted by molar-refractivity contribution is 5.96. The Bertz CT molecular complexity index is 1180. The number of anilines is 1. The molecular weight excluding hydrogens is 372 g/mol. The van der Waals surface area contributed by atoms with Gasteiger partial charge in [0.25, 0.3) is 0 Å². The first-order valence-corrected chi connectivity index (χ1v) is 10.4. The third kappa shape index (κ3) is 3.57. The second-order valence-electron chi connectivity index (χ2n) is 7.68. The number of fused-ring (bicyclic) bond motifs is 2. The van der Waals surface area contributed by atoms with Crippen LogP contribution in [0.4, 0.5) is 5.69 Å². The van der Waals surface area contributed by atoms with Gasteiger partial charge in [0.2, 0.25) is 5.91 Å². The number of para-hydroxylation sites is 1. The molecule has 0 unspecified atom stereocenters. The summed E-state index contributed by atoms with van der Waals surface area (Å²) in [5.74, 6) is 0.959. The molecule has 0 saturated carbocycles. The van der Waals surface area contributed by atoms with Crippen molar-refractivity contribution < 1.29 is 9.53 Å². The molecule has 0 radical (unpaired) electrons. The molecule has 4 heteroatoms. The predicted octanol–water partition coefficient (Wildman–Crippen LogP) is 5.20. The van der Waals surface area contributed by atoms with Crippen molar-refractivity contribution >= 4 is 22.5 Å². The van der Waals surface area contributed by atoms with Crippen LogP contribution < -0.4 is 9.64 Å². The lowest BCUT2D eigenvalue weighted by Gasteiger charge is -2.29. The van der Waals surface area contributed by atoms with Gasteiger partial charge in [-0.05, 0) is 48.2 Å². The van der Waals surface area contributed by atoms with Crippen LogP contribution in [0.15, 0.2) is 85.1 Å². The minimum Gasteiger partial charge on any atom is -0.488 e. The second-order valence-corrected chi connectivity index (χ2v) is 7.68. The van der Waals surface area contributed by atoms with E-state index in [1.165, 1.54) is 5.56 Å². The topological polar surface area (TPSA) is 34.5 Å². The van der Waals surface area contributed by atoms with Gasteiger partial charge in [-0.15, -0.1) is 0 Å². The molecular formula is C26H24N2O2. The summed E-state index contributed by atoms with van der Waals surface area (Å²) in [5, 5.41) is 1.03. The smallest absolute Gasteiger partial charge is 0.246 e. The molecule has 3 aromatic carbocycles. The van der Waals surface area contributed by atoms with Crippen molar-refractivity contribution in [1.29, 1.82) is 0 Å². The minimum absolute atomic E-state index is 0.121. The van der Waals surface area contributed by atoms with Gasteiger partial charge in [0.05, 0.1) is 5.52 Å². The first kappa shape index (κ1) is 18.5. The van der Waals surface area contributed by atoms with Crippen LogP contribution in [0.1, 0.15) is 17.5 Å². The average molecular weight is 396 g/mol. The summed E-state index contributed by atoms with van der Waals surface area (Å²) < 4.78 is 8.10. The number of carbonyl (C=O) groups is 1. The van der Waals surface area contributed by atoms with Gasteiger partial charge in [0.1, 0.15) is 18.9 Å². The molecule has 0 fully saturated rings. The van der Waals surface area contributed by atoms with Crippen LogP contribution in [0, 0.1) is 0 Å². The highest BCUT2D eigenvalue weighted by atomic mass is 16.5. The predicted molar refractivity (Wildman–Crippen MR) is 120 cm³/mol. The largest absolute Gasteiger partial charge is 0.488 e. The van der Waals surface area contributed by atoms with Crippen LogP contribution in [-0.2, 0) is 24.4 Å². The standard InChI is InChI=1S/C26H24N2O2/c29-26(28-16-7-11-21-10-4-5-12-23(21)28)18-27-17-15-22-24(27)13-6-14-25(22)30-19-20-8-2-1-3-9-20/h1-6,8-10,12-15,17H,7,11,16,18-19H2. The van der Waals surface area contributed by atoms with Crippen LogP contribution >= 0.6 is 0 Å². The number of benzene rings is 3. The lowest BCUT2D eigenvalue weighted by Crippen LogP contribution is -2.37. The first-order valence-electron chi connectivity index (χ1n) is 10.4. The SMILES string of the molecule is O=C(Cn1ccc2c(OCc3ccccc3)cccc21)N1CCCc2ccccc21. The number of carbonyl (C=O) groups excluding carboxylic acids is 1. The zero-order valence-corrected chi connectivity index (χ0v) is 16.8. The maximum atomic E-state index is 13.1. The average Bonchev–Trinajstić information content (AvgIpc) is 3.21. The zero-order chi connectivity index (χ0) is 20.3. The Morgan fingerprint density at radius 2 is 1.73 bits per heavy atom. The summed E-state index contributed by atoms with van der Waals surface area (Å²) in [6, 6.07) is 26.4. The van der Waals surface area contributed by atoms with Crippen molar-refractivity contribution in [1.82, 2.24) is 4.57 Å². The molecule has 30 heavy (non-hydrogen) atoms. The maximum absolute atomic E-state index is 13.1. The molecule has 0 saturated heterocycles. The van der Waals surface area contributed by atoms with Gasteiger partial charge < -0.3 is 14.2 Å². The van der Waals surface area contributed by atoms with Crippen molar-refractivity contribution in [2.24, 2.45) is 0 Å². The third-order valence-corrected chi connectivity index (χ3v) is 5.73. The molecule has 5 rings (SSSR count). The van der Waals surface area contributed by atoms with E-state index in [9.17, 15) is 4.79 Å². The van der Waals surface area contributed by atoms with Crippen LogP contribution in [-0.4, -0.2) is 17.0 Å². The van der Waals surface area contributed by atoms with Gasteiger partial charge in [-0.1, -0.05) is 54.6 Å². The Labute approximate surface area is 176 Å². The Balaban J connectivity index is 1.36. The van der Waals surface area contributed by atoms with Crippen molar-refractivity contribution in [2.75, 3.05) is 11.4 Å². The molecule has 0 atom stereocenters. The molecule has 4 nitrogen and oxygen atoms in total. The van der Waals surface area contributed by atoms with Gasteiger partial charge in [0.15, 0.2) is 0 Å². The van der Waals surface area contributed by atoms with E-state index in [0.717, 1.165) is 47.3 Å². The quantitative estimate of drug-likeness (QED) is 0.465. The molecule has 1 aromatic heterocycles. The minimum atomic E-state index is 0.121. The lowest BCUT2D eigenvalue weighted by molar-refractivity contribution is -0.119. The fourth-order valence-corrected chi connectivity index (χ4v) is 4.22. The molecule has 1 aliphatic heterocycles. The van der Waals surface area contributed by atoms with Crippen LogP contribution in [0.5, 0.6) is 5.75 Å². The van der Waals surface area contributed by atoms with Crippen molar-refractivity contribution in [3.05, 3.63) is 96.2 Å². The fourth-order valence-electron chi connectivity index (χ4n) is 4.22. The number of ether oxygens (including phenoxy) is 1. The second kappa shape index (κ2) is 8.07. The van der Waals surface area contributed by atoms with E-state index in [1.54, 1.807) is 0 Å². The normalized spacial score (nSPS) is 13.3. The van der Waals surface area contributed by atoms with Gasteiger partial charge in [-0.25, -0.2) is 0 Å². The third-order valence-electron chi connectivity index (χ3n) is 5.73. The Morgan fingerprint density at radius 1 is 0.900 bits per heavy atom. The van der Waals surface area contributed by atoms with Crippen LogP contribution in [0.2, 0.25) is 0 Å². The van der Waals surface area contributed by atoms with E-state index in [1.807, 2.05) is 70.3 Å².